The average Bonchev–Trinajstić information content (AvgIpc) is 3.09. The second kappa shape index (κ2) is 9.49. The van der Waals surface area contributed by atoms with Gasteiger partial charge in [-0.3, -0.25) is 14.3 Å². The smallest absolute Gasteiger partial charge is 0.233 e. The number of benzene rings is 1. The Morgan fingerprint density at radius 2 is 1.83 bits per heavy atom. The summed E-state index contributed by atoms with van der Waals surface area (Å²) in [5.74, 6) is 2.48. The van der Waals surface area contributed by atoms with E-state index in [1.165, 1.54) is 18.2 Å². The number of carbonyl (C=O) groups is 1. The van der Waals surface area contributed by atoms with Crippen molar-refractivity contribution in [2.24, 2.45) is 11.8 Å². The first kappa shape index (κ1) is 22.1. The Kier molecular flexibility index (Phi) is 7.24. The van der Waals surface area contributed by atoms with E-state index in [-0.39, 0.29) is 11.9 Å². The summed E-state index contributed by atoms with van der Waals surface area (Å²) in [4.78, 5) is 16.9. The normalized spacial score (nSPS) is 20.9. The summed E-state index contributed by atoms with van der Waals surface area (Å²) >= 11 is 7.52. The van der Waals surface area contributed by atoms with Crippen molar-refractivity contribution in [1.82, 2.24) is 24.6 Å². The Bertz CT molecular complexity index is 828. The lowest BCUT2D eigenvalue weighted by Crippen LogP contribution is -2.43. The number of likely N-dealkylation sites (tertiary alicyclic amines) is 1. The molecule has 3 unspecified atom stereocenters. The topological polar surface area (TPSA) is 54.3 Å². The standard InChI is InChI=1S/C21H30ClN5OS/c1-14-10-15(2)12-26(11-14)19(28)13-29-21-24-23-20(16(3)25(4)5)27(21)18-8-6-17(22)7-9-18/h6-9,14-16H,10-13H2,1-5H3. The first-order valence-corrected chi connectivity index (χ1v) is 11.4. The molecule has 0 aliphatic carbocycles. The Labute approximate surface area is 182 Å². The maximum absolute atomic E-state index is 12.8. The van der Waals surface area contributed by atoms with E-state index in [0.717, 1.165) is 29.8 Å². The minimum atomic E-state index is 0.0759. The summed E-state index contributed by atoms with van der Waals surface area (Å²) in [5, 5.41) is 10.3. The van der Waals surface area contributed by atoms with Crippen molar-refractivity contribution in [1.29, 1.82) is 0 Å². The second-order valence-electron chi connectivity index (χ2n) is 8.33. The number of amides is 1. The van der Waals surface area contributed by atoms with Gasteiger partial charge in [0.15, 0.2) is 11.0 Å². The van der Waals surface area contributed by atoms with Crippen molar-refractivity contribution >= 4 is 29.3 Å². The third-order valence-electron chi connectivity index (χ3n) is 5.44. The summed E-state index contributed by atoms with van der Waals surface area (Å²) in [6.07, 6.45) is 1.19. The van der Waals surface area contributed by atoms with Crippen LogP contribution < -0.4 is 0 Å². The fourth-order valence-electron chi connectivity index (χ4n) is 3.79. The highest BCUT2D eigenvalue weighted by atomic mass is 35.5. The molecule has 0 spiro atoms. The fraction of sp³-hybridized carbons (Fsp3) is 0.571. The SMILES string of the molecule is CC1CC(C)CN(C(=O)CSc2nnc(C(C)N(C)C)n2-c2ccc(Cl)cc2)C1. The first-order chi connectivity index (χ1) is 13.8. The van der Waals surface area contributed by atoms with Gasteiger partial charge < -0.3 is 4.90 Å². The van der Waals surface area contributed by atoms with Crippen molar-refractivity contribution in [2.75, 3.05) is 32.9 Å². The van der Waals surface area contributed by atoms with E-state index in [1.54, 1.807) is 0 Å². The van der Waals surface area contributed by atoms with Gasteiger partial charge in [0.1, 0.15) is 0 Å². The minimum Gasteiger partial charge on any atom is -0.341 e. The summed E-state index contributed by atoms with van der Waals surface area (Å²) in [6, 6.07) is 7.70. The molecular formula is C21H30ClN5OS. The highest BCUT2D eigenvalue weighted by Gasteiger charge is 2.26. The third-order valence-corrected chi connectivity index (χ3v) is 6.60. The van der Waals surface area contributed by atoms with Gasteiger partial charge in [0.05, 0.1) is 11.8 Å². The minimum absolute atomic E-state index is 0.0759. The summed E-state index contributed by atoms with van der Waals surface area (Å²) < 4.78 is 2.03. The van der Waals surface area contributed by atoms with Crippen LogP contribution in [0.25, 0.3) is 5.69 Å². The van der Waals surface area contributed by atoms with Crippen LogP contribution in [-0.2, 0) is 4.79 Å². The van der Waals surface area contributed by atoms with Crippen molar-refractivity contribution in [3.05, 3.63) is 35.1 Å². The molecule has 29 heavy (non-hydrogen) atoms. The van der Waals surface area contributed by atoms with Crippen LogP contribution in [0.4, 0.5) is 0 Å². The molecule has 6 nitrogen and oxygen atoms in total. The Morgan fingerprint density at radius 3 is 2.41 bits per heavy atom. The molecule has 1 aliphatic rings. The van der Waals surface area contributed by atoms with E-state index in [2.05, 4.69) is 35.9 Å². The Hall–Kier alpha value is -1.57. The molecule has 1 aromatic carbocycles. The average molecular weight is 436 g/mol. The molecule has 1 fully saturated rings. The van der Waals surface area contributed by atoms with Gasteiger partial charge in [-0.05, 0) is 63.5 Å². The van der Waals surface area contributed by atoms with E-state index in [9.17, 15) is 4.79 Å². The van der Waals surface area contributed by atoms with Crippen LogP contribution in [0.3, 0.4) is 0 Å². The molecule has 1 amide bonds. The Morgan fingerprint density at radius 1 is 1.21 bits per heavy atom. The zero-order chi connectivity index (χ0) is 21.1. The quantitative estimate of drug-likeness (QED) is 0.638. The lowest BCUT2D eigenvalue weighted by Gasteiger charge is -2.35. The van der Waals surface area contributed by atoms with Gasteiger partial charge in [-0.1, -0.05) is 37.2 Å². The molecule has 8 heteroatoms. The fourth-order valence-corrected chi connectivity index (χ4v) is 4.78. The highest BCUT2D eigenvalue weighted by Crippen LogP contribution is 2.28. The van der Waals surface area contributed by atoms with Crippen molar-refractivity contribution in [3.63, 3.8) is 0 Å². The summed E-state index contributed by atoms with van der Waals surface area (Å²) in [5.41, 5.74) is 0.943. The van der Waals surface area contributed by atoms with E-state index in [0.29, 0.717) is 22.6 Å². The third kappa shape index (κ3) is 5.32. The van der Waals surface area contributed by atoms with Gasteiger partial charge in [0, 0.05) is 23.8 Å². The molecule has 2 heterocycles. The molecule has 1 aliphatic heterocycles. The van der Waals surface area contributed by atoms with E-state index < -0.39 is 0 Å². The largest absolute Gasteiger partial charge is 0.341 e. The van der Waals surface area contributed by atoms with Gasteiger partial charge in [-0.25, -0.2) is 0 Å². The summed E-state index contributed by atoms with van der Waals surface area (Å²) in [6.45, 7) is 8.21. The molecule has 0 saturated carbocycles. The van der Waals surface area contributed by atoms with Crippen molar-refractivity contribution in [3.8, 4) is 5.69 Å². The zero-order valence-electron chi connectivity index (χ0n) is 17.8. The van der Waals surface area contributed by atoms with Gasteiger partial charge >= 0.3 is 0 Å². The maximum atomic E-state index is 12.8. The van der Waals surface area contributed by atoms with Crippen LogP contribution in [0.2, 0.25) is 5.02 Å². The van der Waals surface area contributed by atoms with Crippen LogP contribution in [0, 0.1) is 11.8 Å². The van der Waals surface area contributed by atoms with E-state index >= 15 is 0 Å². The highest BCUT2D eigenvalue weighted by molar-refractivity contribution is 7.99. The molecule has 3 rings (SSSR count). The number of halogens is 1. The van der Waals surface area contributed by atoms with Gasteiger partial charge in [-0.15, -0.1) is 10.2 Å². The van der Waals surface area contributed by atoms with Crippen LogP contribution in [0.5, 0.6) is 0 Å². The molecule has 3 atom stereocenters. The number of hydrogen-bond acceptors (Lipinski definition) is 5. The van der Waals surface area contributed by atoms with Crippen LogP contribution in [-0.4, -0.2) is 63.4 Å². The molecule has 0 bridgehead atoms. The number of carbonyl (C=O) groups excluding carboxylic acids is 1. The lowest BCUT2D eigenvalue weighted by atomic mass is 9.92. The monoisotopic (exact) mass is 435 g/mol. The van der Waals surface area contributed by atoms with Crippen molar-refractivity contribution in [2.45, 2.75) is 38.4 Å². The molecule has 1 saturated heterocycles. The van der Waals surface area contributed by atoms with Crippen LogP contribution >= 0.6 is 23.4 Å². The second-order valence-corrected chi connectivity index (χ2v) is 9.70. The van der Waals surface area contributed by atoms with Crippen LogP contribution in [0.15, 0.2) is 29.4 Å². The van der Waals surface area contributed by atoms with E-state index in [1.807, 2.05) is 47.8 Å². The van der Waals surface area contributed by atoms with Gasteiger partial charge in [0.25, 0.3) is 0 Å². The lowest BCUT2D eigenvalue weighted by molar-refractivity contribution is -0.130. The summed E-state index contributed by atoms with van der Waals surface area (Å²) in [7, 11) is 4.03. The molecular weight excluding hydrogens is 406 g/mol. The molecule has 2 aromatic rings. The zero-order valence-corrected chi connectivity index (χ0v) is 19.4. The van der Waals surface area contributed by atoms with Crippen LogP contribution in [0.1, 0.15) is 39.1 Å². The number of thioether (sulfide) groups is 1. The number of nitrogens with zero attached hydrogens (tertiary/aromatic N) is 5. The number of aromatic nitrogens is 3. The molecule has 0 radical (unpaired) electrons. The van der Waals surface area contributed by atoms with Gasteiger partial charge in [0.2, 0.25) is 5.91 Å². The molecule has 0 N–H and O–H groups in total. The maximum Gasteiger partial charge on any atom is 0.233 e. The van der Waals surface area contributed by atoms with E-state index in [4.69, 9.17) is 11.6 Å². The van der Waals surface area contributed by atoms with Gasteiger partial charge in [-0.2, -0.15) is 0 Å². The molecule has 158 valence electrons. The van der Waals surface area contributed by atoms with Crippen molar-refractivity contribution < 1.29 is 4.79 Å². The number of piperidine rings is 1. The first-order valence-electron chi connectivity index (χ1n) is 10.0. The number of rotatable bonds is 6. The Balaban J connectivity index is 1.81. The molecule has 1 aromatic heterocycles. The number of hydrogen-bond donors (Lipinski definition) is 0. The predicted molar refractivity (Wildman–Crippen MR) is 119 cm³/mol. The predicted octanol–water partition coefficient (Wildman–Crippen LogP) is 4.14.